The molecule has 3 aromatic rings. The third kappa shape index (κ3) is 1.87. The van der Waals surface area contributed by atoms with Gasteiger partial charge in [0.05, 0.1) is 5.02 Å². The van der Waals surface area contributed by atoms with Crippen molar-refractivity contribution in [3.05, 3.63) is 40.7 Å². The molecule has 0 saturated carbocycles. The van der Waals surface area contributed by atoms with E-state index < -0.39 is 0 Å². The van der Waals surface area contributed by atoms with Crippen molar-refractivity contribution in [2.75, 3.05) is 5.73 Å². The van der Waals surface area contributed by atoms with Crippen molar-refractivity contribution in [1.82, 2.24) is 10.1 Å². The predicted molar refractivity (Wildman–Crippen MR) is 72.5 cm³/mol. The Balaban J connectivity index is 2.05. The second-order valence-corrected chi connectivity index (χ2v) is 4.93. The van der Waals surface area contributed by atoms with Gasteiger partial charge in [0.1, 0.15) is 4.88 Å². The number of aromatic nitrogens is 2. The van der Waals surface area contributed by atoms with Crippen LogP contribution >= 0.6 is 22.9 Å². The van der Waals surface area contributed by atoms with Gasteiger partial charge in [-0.25, -0.2) is 0 Å². The van der Waals surface area contributed by atoms with E-state index in [4.69, 9.17) is 21.9 Å². The maximum Gasteiger partial charge on any atom is 0.269 e. The fourth-order valence-electron chi connectivity index (χ4n) is 1.57. The summed E-state index contributed by atoms with van der Waals surface area (Å²) in [6.07, 6.45) is 0. The normalized spacial score (nSPS) is 10.7. The zero-order chi connectivity index (χ0) is 12.5. The molecule has 0 spiro atoms. The molecule has 0 aliphatic heterocycles. The summed E-state index contributed by atoms with van der Waals surface area (Å²) in [6.45, 7) is 0. The second-order valence-electron chi connectivity index (χ2n) is 3.61. The first-order valence-electron chi connectivity index (χ1n) is 5.17. The molecule has 2 heterocycles. The number of halogens is 1. The first-order chi connectivity index (χ1) is 8.75. The molecule has 0 bridgehead atoms. The van der Waals surface area contributed by atoms with Crippen molar-refractivity contribution < 1.29 is 4.52 Å². The van der Waals surface area contributed by atoms with Crippen molar-refractivity contribution in [2.45, 2.75) is 0 Å². The quantitative estimate of drug-likeness (QED) is 0.725. The van der Waals surface area contributed by atoms with Crippen molar-refractivity contribution >= 4 is 28.6 Å². The first-order valence-corrected chi connectivity index (χ1v) is 6.43. The summed E-state index contributed by atoms with van der Waals surface area (Å²) in [5, 5.41) is 6.41. The van der Waals surface area contributed by atoms with E-state index in [1.165, 1.54) is 11.3 Å². The van der Waals surface area contributed by atoms with Crippen LogP contribution in [-0.4, -0.2) is 10.1 Å². The molecular weight excluding hydrogens is 270 g/mol. The Morgan fingerprint density at radius 3 is 2.78 bits per heavy atom. The highest BCUT2D eigenvalue weighted by Crippen LogP contribution is 2.33. The lowest BCUT2D eigenvalue weighted by Crippen LogP contribution is -1.90. The molecule has 0 aliphatic carbocycles. The Hall–Kier alpha value is -1.85. The molecule has 1 aromatic carbocycles. The van der Waals surface area contributed by atoms with E-state index in [0.29, 0.717) is 22.4 Å². The Morgan fingerprint density at radius 2 is 2.06 bits per heavy atom. The number of hydrogen-bond acceptors (Lipinski definition) is 5. The average Bonchev–Trinajstić information content (AvgIpc) is 2.98. The van der Waals surface area contributed by atoms with Gasteiger partial charge in [0.2, 0.25) is 5.82 Å². The number of nitrogen functional groups attached to an aromatic ring is 1. The van der Waals surface area contributed by atoms with E-state index in [-0.39, 0.29) is 0 Å². The van der Waals surface area contributed by atoms with Gasteiger partial charge < -0.3 is 10.3 Å². The van der Waals surface area contributed by atoms with Crippen LogP contribution in [0.4, 0.5) is 5.69 Å². The van der Waals surface area contributed by atoms with Crippen LogP contribution in [0.3, 0.4) is 0 Å². The number of anilines is 1. The van der Waals surface area contributed by atoms with E-state index in [2.05, 4.69) is 10.1 Å². The smallest absolute Gasteiger partial charge is 0.269 e. The van der Waals surface area contributed by atoms with Gasteiger partial charge in [-0.1, -0.05) is 28.9 Å². The summed E-state index contributed by atoms with van der Waals surface area (Å²) < 4.78 is 5.21. The van der Waals surface area contributed by atoms with Crippen LogP contribution in [0, 0.1) is 0 Å². The lowest BCUT2D eigenvalue weighted by atomic mass is 10.2. The minimum absolute atomic E-state index is 0.410. The molecule has 0 fully saturated rings. The van der Waals surface area contributed by atoms with E-state index >= 15 is 0 Å². The van der Waals surface area contributed by atoms with Gasteiger partial charge in [-0.15, -0.1) is 11.3 Å². The third-order valence-corrected chi connectivity index (χ3v) is 3.77. The first kappa shape index (κ1) is 11.3. The minimum Gasteiger partial charge on any atom is -0.398 e. The molecule has 0 amide bonds. The van der Waals surface area contributed by atoms with Crippen LogP contribution in [-0.2, 0) is 0 Å². The van der Waals surface area contributed by atoms with Gasteiger partial charge in [-0.3, -0.25) is 0 Å². The highest BCUT2D eigenvalue weighted by Gasteiger charge is 2.15. The summed E-state index contributed by atoms with van der Waals surface area (Å²) in [4.78, 5) is 5.08. The van der Waals surface area contributed by atoms with Crippen LogP contribution in [0.15, 0.2) is 40.2 Å². The van der Waals surface area contributed by atoms with Crippen molar-refractivity contribution in [3.63, 3.8) is 0 Å². The van der Waals surface area contributed by atoms with Crippen LogP contribution in [0.2, 0.25) is 5.02 Å². The van der Waals surface area contributed by atoms with E-state index in [9.17, 15) is 0 Å². The van der Waals surface area contributed by atoms with Gasteiger partial charge in [0.15, 0.2) is 0 Å². The summed E-state index contributed by atoms with van der Waals surface area (Å²) in [5.74, 6) is 0.876. The third-order valence-electron chi connectivity index (χ3n) is 2.44. The topological polar surface area (TPSA) is 64.9 Å². The van der Waals surface area contributed by atoms with Crippen molar-refractivity contribution in [2.24, 2.45) is 0 Å². The van der Waals surface area contributed by atoms with Gasteiger partial charge in [-0.05, 0) is 23.6 Å². The molecule has 0 aliphatic rings. The zero-order valence-electron chi connectivity index (χ0n) is 9.13. The number of nitrogens with zero attached hydrogens (tertiary/aromatic N) is 2. The summed E-state index contributed by atoms with van der Waals surface area (Å²) in [7, 11) is 0. The van der Waals surface area contributed by atoms with Crippen molar-refractivity contribution in [3.8, 4) is 22.2 Å². The summed E-state index contributed by atoms with van der Waals surface area (Å²) in [5.41, 5.74) is 7.23. The van der Waals surface area contributed by atoms with Crippen LogP contribution in [0.25, 0.3) is 22.2 Å². The number of hydrogen-bond donors (Lipinski definition) is 1. The maximum absolute atomic E-state index is 6.02. The van der Waals surface area contributed by atoms with E-state index in [1.54, 1.807) is 12.1 Å². The molecule has 0 atom stereocenters. The number of benzene rings is 1. The standard InChI is InChI=1S/C12H8ClN3OS/c13-8-5-6-18-10(8)12-15-11(16-17-12)7-3-1-2-4-9(7)14/h1-6H,14H2. The van der Waals surface area contributed by atoms with Gasteiger partial charge in [0, 0.05) is 11.3 Å². The van der Waals surface area contributed by atoms with Crippen LogP contribution in [0.1, 0.15) is 0 Å². The number of nitrogens with two attached hydrogens (primary N) is 1. The molecule has 4 nitrogen and oxygen atoms in total. The summed E-state index contributed by atoms with van der Waals surface area (Å²) >= 11 is 7.47. The molecular formula is C12H8ClN3OS. The fraction of sp³-hybridized carbons (Fsp3) is 0. The Bertz CT molecular complexity index is 692. The number of para-hydroxylation sites is 1. The molecule has 2 N–H and O–H groups in total. The zero-order valence-corrected chi connectivity index (χ0v) is 10.7. The molecule has 3 rings (SSSR count). The Kier molecular flexibility index (Phi) is 2.77. The van der Waals surface area contributed by atoms with Crippen molar-refractivity contribution in [1.29, 1.82) is 0 Å². The van der Waals surface area contributed by atoms with Gasteiger partial charge in [0.25, 0.3) is 5.89 Å². The van der Waals surface area contributed by atoms with Gasteiger partial charge >= 0.3 is 0 Å². The largest absolute Gasteiger partial charge is 0.398 e. The fourth-order valence-corrected chi connectivity index (χ4v) is 2.63. The lowest BCUT2D eigenvalue weighted by molar-refractivity contribution is 0.433. The molecule has 18 heavy (non-hydrogen) atoms. The molecule has 0 unspecified atom stereocenters. The van der Waals surface area contributed by atoms with E-state index in [0.717, 1.165) is 10.4 Å². The second kappa shape index (κ2) is 4.44. The van der Waals surface area contributed by atoms with Gasteiger partial charge in [-0.2, -0.15) is 4.98 Å². The van der Waals surface area contributed by atoms with Crippen LogP contribution < -0.4 is 5.73 Å². The predicted octanol–water partition coefficient (Wildman–Crippen LogP) is 3.70. The molecule has 2 aromatic heterocycles. The monoisotopic (exact) mass is 277 g/mol. The molecule has 6 heteroatoms. The molecule has 90 valence electrons. The number of thiophene rings is 1. The SMILES string of the molecule is Nc1ccccc1-c1noc(-c2sccc2Cl)n1. The van der Waals surface area contributed by atoms with E-state index in [1.807, 2.05) is 23.6 Å². The highest BCUT2D eigenvalue weighted by molar-refractivity contribution is 7.14. The molecule has 0 saturated heterocycles. The lowest BCUT2D eigenvalue weighted by Gasteiger charge is -1.97. The molecule has 0 radical (unpaired) electrons. The van der Waals surface area contributed by atoms with Crippen LogP contribution in [0.5, 0.6) is 0 Å². The average molecular weight is 278 g/mol. The maximum atomic E-state index is 6.02. The Morgan fingerprint density at radius 1 is 1.22 bits per heavy atom. The number of rotatable bonds is 2. The Labute approximate surface area is 112 Å². The highest BCUT2D eigenvalue weighted by atomic mass is 35.5. The summed E-state index contributed by atoms with van der Waals surface area (Å²) in [6, 6.07) is 9.17. The minimum atomic E-state index is 0.410.